The zero-order valence-electron chi connectivity index (χ0n) is 7.08. The molecule has 1 aromatic rings. The van der Waals surface area contributed by atoms with Gasteiger partial charge in [-0.2, -0.15) is 0 Å². The second-order valence-corrected chi connectivity index (χ2v) is 4.47. The molecule has 0 spiro atoms. The van der Waals surface area contributed by atoms with Gasteiger partial charge in [-0.25, -0.2) is 0 Å². The van der Waals surface area contributed by atoms with Gasteiger partial charge in [0.05, 0.1) is 0 Å². The van der Waals surface area contributed by atoms with Gasteiger partial charge in [0.1, 0.15) is 0 Å². The molecule has 0 aliphatic heterocycles. The van der Waals surface area contributed by atoms with Crippen LogP contribution in [0.25, 0.3) is 0 Å². The molecule has 2 radical (unpaired) electrons. The second kappa shape index (κ2) is 4.91. The van der Waals surface area contributed by atoms with Gasteiger partial charge < -0.3 is 0 Å². The van der Waals surface area contributed by atoms with Crippen molar-refractivity contribution in [3.8, 4) is 0 Å². The molecular formula is C9H12BiNO. The molecule has 0 heterocycles. The predicted octanol–water partition coefficient (Wildman–Crippen LogP) is 0.0855. The summed E-state index contributed by atoms with van der Waals surface area (Å²) in [5, 5.41) is 0. The van der Waals surface area contributed by atoms with E-state index in [0.717, 1.165) is 0 Å². The van der Waals surface area contributed by atoms with E-state index in [1.165, 1.54) is 39.1 Å². The Balaban J connectivity index is 2.91. The van der Waals surface area contributed by atoms with Crippen molar-refractivity contribution >= 4 is 28.0 Å². The first-order chi connectivity index (χ1) is 5.77. The molecule has 0 atom stereocenters. The number of nitrogens with two attached hydrogens (primary N) is 1. The van der Waals surface area contributed by atoms with Crippen LogP contribution in [0.5, 0.6) is 0 Å². The molecule has 0 unspecified atom stereocenters. The third-order valence-electron chi connectivity index (χ3n) is 1.68. The average molecular weight is 359 g/mol. The summed E-state index contributed by atoms with van der Waals surface area (Å²) in [5.41, 5.74) is 7.98. The molecule has 0 bridgehead atoms. The molecule has 2 nitrogen and oxygen atoms in total. The van der Waals surface area contributed by atoms with Gasteiger partial charge in [-0.1, -0.05) is 0 Å². The number of rotatable bonds is 3. The van der Waals surface area contributed by atoms with Crippen molar-refractivity contribution in [2.45, 2.75) is 13.2 Å². The molecule has 64 valence electrons. The minimum absolute atomic E-state index is 0.607. The van der Waals surface area contributed by atoms with Crippen LogP contribution in [0.15, 0.2) is 18.2 Å². The molecule has 0 aromatic heterocycles. The first-order valence-corrected chi connectivity index (χ1v) is 5.51. The number of hydrogen-bond acceptors (Lipinski definition) is 2. The van der Waals surface area contributed by atoms with Crippen molar-refractivity contribution in [2.75, 3.05) is 7.11 Å². The Morgan fingerprint density at radius 1 is 1.50 bits per heavy atom. The molecule has 3 heteroatoms. The Bertz CT molecular complexity index is 263. The molecule has 0 saturated carbocycles. The Morgan fingerprint density at radius 3 is 2.83 bits per heavy atom. The van der Waals surface area contributed by atoms with Gasteiger partial charge in [-0.05, 0) is 0 Å². The average Bonchev–Trinajstić information content (AvgIpc) is 2.09. The van der Waals surface area contributed by atoms with E-state index in [-0.39, 0.29) is 0 Å². The van der Waals surface area contributed by atoms with Crippen LogP contribution in [0.3, 0.4) is 0 Å². The van der Waals surface area contributed by atoms with E-state index < -0.39 is 0 Å². The van der Waals surface area contributed by atoms with Gasteiger partial charge in [0, 0.05) is 0 Å². The Labute approximate surface area is 87.9 Å². The summed E-state index contributed by atoms with van der Waals surface area (Å²) in [6, 6.07) is 6.33. The molecule has 0 aliphatic rings. The van der Waals surface area contributed by atoms with Gasteiger partial charge in [0.15, 0.2) is 0 Å². The van der Waals surface area contributed by atoms with E-state index in [9.17, 15) is 0 Å². The van der Waals surface area contributed by atoms with Crippen molar-refractivity contribution in [3.05, 3.63) is 29.3 Å². The number of hydrogen-bond donors (Lipinski definition) is 1. The summed E-state index contributed by atoms with van der Waals surface area (Å²) in [5.74, 6) is 0. The van der Waals surface area contributed by atoms with Crippen molar-refractivity contribution in [2.24, 2.45) is 5.73 Å². The zero-order chi connectivity index (χ0) is 8.97. The third-order valence-corrected chi connectivity index (χ3v) is 3.38. The summed E-state index contributed by atoms with van der Waals surface area (Å²) in [4.78, 5) is 0. The first kappa shape index (κ1) is 10.1. The van der Waals surface area contributed by atoms with E-state index >= 15 is 0 Å². The van der Waals surface area contributed by atoms with Gasteiger partial charge in [-0.3, -0.25) is 0 Å². The molecule has 0 amide bonds. The molecule has 1 aromatic carbocycles. The molecule has 12 heavy (non-hydrogen) atoms. The maximum absolute atomic E-state index is 5.53. The number of benzene rings is 1. The second-order valence-electron chi connectivity index (χ2n) is 2.60. The summed E-state index contributed by atoms with van der Waals surface area (Å²) < 4.78 is 6.45. The summed E-state index contributed by atoms with van der Waals surface area (Å²) in [6.07, 6.45) is 0. The van der Waals surface area contributed by atoms with Crippen LogP contribution in [0.1, 0.15) is 11.1 Å². The summed E-state index contributed by atoms with van der Waals surface area (Å²) in [7, 11) is 1.72. The third kappa shape index (κ3) is 2.51. The van der Waals surface area contributed by atoms with Crippen molar-refractivity contribution in [1.29, 1.82) is 0 Å². The van der Waals surface area contributed by atoms with Crippen molar-refractivity contribution in [3.63, 3.8) is 0 Å². The minimum atomic E-state index is 0.607. The van der Waals surface area contributed by atoms with Crippen LogP contribution in [-0.2, 0) is 17.9 Å². The Kier molecular flexibility index (Phi) is 4.13. The fourth-order valence-electron chi connectivity index (χ4n) is 1.04. The molecular weight excluding hydrogens is 347 g/mol. The maximum atomic E-state index is 5.53. The normalized spacial score (nSPS) is 10.2. The molecule has 2 N–H and O–H groups in total. The van der Waals surface area contributed by atoms with Crippen LogP contribution >= 0.6 is 0 Å². The molecule has 0 aliphatic carbocycles. The van der Waals surface area contributed by atoms with E-state index in [1.807, 2.05) is 0 Å². The molecule has 0 fully saturated rings. The van der Waals surface area contributed by atoms with Gasteiger partial charge in [0.25, 0.3) is 0 Å². The van der Waals surface area contributed by atoms with Gasteiger partial charge in [-0.15, -0.1) is 0 Å². The summed E-state index contributed by atoms with van der Waals surface area (Å²) >= 11 is 1.27. The Hall–Kier alpha value is 0.0231. The van der Waals surface area contributed by atoms with Crippen LogP contribution < -0.4 is 9.01 Å². The fourth-order valence-corrected chi connectivity index (χ4v) is 1.83. The van der Waals surface area contributed by atoms with Crippen LogP contribution in [0.2, 0.25) is 0 Å². The van der Waals surface area contributed by atoms with Gasteiger partial charge in [0.2, 0.25) is 0 Å². The number of methoxy groups -OCH3 is 1. The van der Waals surface area contributed by atoms with Crippen molar-refractivity contribution < 1.29 is 4.74 Å². The van der Waals surface area contributed by atoms with Crippen LogP contribution in [0, 0.1) is 0 Å². The first-order valence-electron chi connectivity index (χ1n) is 3.77. The summed E-state index contributed by atoms with van der Waals surface area (Å²) in [6.45, 7) is 1.30. The monoisotopic (exact) mass is 359 g/mol. The number of ether oxygens (including phenoxy) is 1. The SMILES string of the molecule is COCc1cc(CN)cc[c]1[Bi]. The van der Waals surface area contributed by atoms with Crippen LogP contribution in [0.4, 0.5) is 0 Å². The fraction of sp³-hybridized carbons (Fsp3) is 0.333. The quantitative estimate of drug-likeness (QED) is 0.777. The molecule has 1 rings (SSSR count). The topological polar surface area (TPSA) is 35.2 Å². The standard InChI is InChI=1S/C9H12NO.Bi/c1-11-7-9-4-2-3-8(5-9)6-10;/h2-3,5H,6-7,10H2,1H3;. The van der Waals surface area contributed by atoms with Crippen LogP contribution in [-0.4, -0.2) is 31.8 Å². The van der Waals surface area contributed by atoms with E-state index in [4.69, 9.17) is 10.5 Å². The predicted molar refractivity (Wildman–Crippen MR) is 50.4 cm³/mol. The van der Waals surface area contributed by atoms with E-state index in [1.54, 1.807) is 7.11 Å². The Morgan fingerprint density at radius 2 is 2.25 bits per heavy atom. The zero-order valence-corrected chi connectivity index (χ0v) is 10.6. The van der Waals surface area contributed by atoms with E-state index in [0.29, 0.717) is 13.2 Å². The van der Waals surface area contributed by atoms with E-state index in [2.05, 4.69) is 18.2 Å². The molecule has 0 saturated heterocycles. The van der Waals surface area contributed by atoms with Gasteiger partial charge >= 0.3 is 88.0 Å². The van der Waals surface area contributed by atoms with Crippen molar-refractivity contribution in [1.82, 2.24) is 0 Å².